The largest absolute Gasteiger partial charge is 0.434 e. The van der Waals surface area contributed by atoms with E-state index in [0.29, 0.717) is 35.3 Å². The molecular weight excluding hydrogens is 491 g/mol. The topological polar surface area (TPSA) is 72.9 Å². The predicted octanol–water partition coefficient (Wildman–Crippen LogP) is 6.99. The van der Waals surface area contributed by atoms with Gasteiger partial charge in [-0.1, -0.05) is 62.4 Å². The highest BCUT2D eigenvalue weighted by Gasteiger charge is 2.35. The van der Waals surface area contributed by atoms with Crippen molar-refractivity contribution in [1.29, 1.82) is 0 Å². The number of anilines is 1. The fraction of sp³-hybridized carbons (Fsp3) is 0.286. The fourth-order valence-corrected chi connectivity index (χ4v) is 4.36. The minimum atomic E-state index is -4.50. The lowest BCUT2D eigenvalue weighted by atomic mass is 9.97. The summed E-state index contributed by atoms with van der Waals surface area (Å²) < 4.78 is 43.1. The van der Waals surface area contributed by atoms with Gasteiger partial charge in [-0.2, -0.15) is 13.2 Å². The van der Waals surface area contributed by atoms with Crippen LogP contribution in [0, 0.1) is 0 Å². The van der Waals surface area contributed by atoms with E-state index in [9.17, 15) is 13.2 Å². The Morgan fingerprint density at radius 2 is 1.68 bits per heavy atom. The summed E-state index contributed by atoms with van der Waals surface area (Å²) in [5.41, 5.74) is 3.37. The van der Waals surface area contributed by atoms with Crippen LogP contribution in [-0.2, 0) is 12.7 Å². The van der Waals surface area contributed by atoms with Crippen molar-refractivity contribution in [2.24, 2.45) is 0 Å². The van der Waals surface area contributed by atoms with Gasteiger partial charge in [0.05, 0.1) is 0 Å². The Morgan fingerprint density at radius 3 is 2.37 bits per heavy atom. The number of nitrogens with one attached hydrogen (secondary N) is 1. The maximum absolute atomic E-state index is 13.3. The quantitative estimate of drug-likeness (QED) is 0.251. The lowest BCUT2D eigenvalue weighted by molar-refractivity contribution is -0.140. The third-order valence-electron chi connectivity index (χ3n) is 6.33. The number of benzene rings is 2. The summed E-state index contributed by atoms with van der Waals surface area (Å²) in [6, 6.07) is 15.2. The Morgan fingerprint density at radius 1 is 0.947 bits per heavy atom. The summed E-state index contributed by atoms with van der Waals surface area (Å²) in [5, 5.41) is 8.02. The number of hydrogen-bond donors (Lipinski definition) is 1. The Labute approximate surface area is 218 Å². The summed E-state index contributed by atoms with van der Waals surface area (Å²) in [6.07, 6.45) is 0.0249. The van der Waals surface area contributed by atoms with Gasteiger partial charge in [0.1, 0.15) is 5.82 Å². The van der Waals surface area contributed by atoms with Gasteiger partial charge in [0.25, 0.3) is 0 Å². The maximum atomic E-state index is 13.3. The molecule has 10 heteroatoms. The van der Waals surface area contributed by atoms with Crippen LogP contribution in [0.25, 0.3) is 28.4 Å². The molecule has 0 unspecified atom stereocenters. The van der Waals surface area contributed by atoms with Crippen molar-refractivity contribution in [3.63, 3.8) is 0 Å². The monoisotopic (exact) mass is 519 g/mol. The molecule has 38 heavy (non-hydrogen) atoms. The van der Waals surface area contributed by atoms with Gasteiger partial charge >= 0.3 is 6.18 Å². The lowest BCUT2D eigenvalue weighted by Crippen LogP contribution is -2.08. The van der Waals surface area contributed by atoms with Crippen molar-refractivity contribution in [2.45, 2.75) is 52.4 Å². The van der Waals surface area contributed by atoms with Gasteiger partial charge in [-0.3, -0.25) is 0 Å². The molecule has 0 amide bonds. The summed E-state index contributed by atoms with van der Waals surface area (Å²) in [6.45, 7) is 8.37. The highest BCUT2D eigenvalue weighted by Crippen LogP contribution is 2.33. The van der Waals surface area contributed by atoms with Gasteiger partial charge in [0, 0.05) is 42.3 Å². The third-order valence-corrected chi connectivity index (χ3v) is 6.33. The van der Waals surface area contributed by atoms with E-state index >= 15 is 0 Å². The van der Waals surface area contributed by atoms with E-state index in [2.05, 4.69) is 40.3 Å². The first-order valence-electron chi connectivity index (χ1n) is 12.4. The zero-order chi connectivity index (χ0) is 27.0. The van der Waals surface area contributed by atoms with Crippen LogP contribution < -0.4 is 5.32 Å². The molecule has 0 saturated heterocycles. The van der Waals surface area contributed by atoms with Crippen LogP contribution in [0.1, 0.15) is 56.5 Å². The second-order valence-electron chi connectivity index (χ2n) is 9.72. The van der Waals surface area contributed by atoms with Gasteiger partial charge in [0.15, 0.2) is 23.0 Å². The van der Waals surface area contributed by atoms with Crippen molar-refractivity contribution < 1.29 is 13.2 Å². The van der Waals surface area contributed by atoms with Crippen LogP contribution in [-0.4, -0.2) is 29.1 Å². The number of alkyl halides is 3. The van der Waals surface area contributed by atoms with E-state index in [1.54, 1.807) is 33.6 Å². The fourth-order valence-electron chi connectivity index (χ4n) is 4.36. The van der Waals surface area contributed by atoms with Crippen molar-refractivity contribution >= 4 is 11.5 Å². The summed E-state index contributed by atoms with van der Waals surface area (Å²) in [4.78, 5) is 13.1. The van der Waals surface area contributed by atoms with Crippen molar-refractivity contribution in [1.82, 2.24) is 29.1 Å². The first kappa shape index (κ1) is 25.4. The van der Waals surface area contributed by atoms with E-state index in [-0.39, 0.29) is 11.9 Å². The standard InChI is InChI=1S/C28H28F3N7/c1-17(2)21-7-5-6-8-22(21)24-35-25(27-32-13-14-38(27)36-24)33-15-19-9-11-20(12-10-19)26-34-23(28(29,30)31)16-37(26)18(3)4/h5-14,16-18H,15H2,1-4H3,(H,33,35,36). The molecule has 0 radical (unpaired) electrons. The molecule has 0 bridgehead atoms. The smallest absolute Gasteiger partial charge is 0.363 e. The molecule has 1 N–H and O–H groups in total. The highest BCUT2D eigenvalue weighted by molar-refractivity contribution is 5.68. The van der Waals surface area contributed by atoms with Crippen LogP contribution >= 0.6 is 0 Å². The molecular formula is C28H28F3N7. The summed E-state index contributed by atoms with van der Waals surface area (Å²) in [7, 11) is 0. The molecule has 3 aromatic heterocycles. The highest BCUT2D eigenvalue weighted by atomic mass is 19.4. The SMILES string of the molecule is CC(C)c1ccccc1-c1nc(NCc2ccc(-c3nc(C(F)(F)F)cn3C(C)C)cc2)c2nccn2n1. The number of imidazole rings is 2. The Kier molecular flexibility index (Phi) is 6.64. The van der Waals surface area contributed by atoms with Crippen LogP contribution in [0.3, 0.4) is 0 Å². The zero-order valence-corrected chi connectivity index (χ0v) is 21.5. The van der Waals surface area contributed by atoms with Crippen LogP contribution in [0.4, 0.5) is 19.0 Å². The van der Waals surface area contributed by atoms with Gasteiger partial charge < -0.3 is 9.88 Å². The summed E-state index contributed by atoms with van der Waals surface area (Å²) in [5.74, 6) is 1.78. The molecule has 0 atom stereocenters. The number of fused-ring (bicyclic) bond motifs is 1. The van der Waals surface area contributed by atoms with Crippen LogP contribution in [0.15, 0.2) is 67.1 Å². The molecule has 5 aromatic rings. The normalized spacial score (nSPS) is 12.1. The van der Waals surface area contributed by atoms with Gasteiger partial charge in [-0.25, -0.2) is 19.5 Å². The second kappa shape index (κ2) is 9.92. The third kappa shape index (κ3) is 4.98. The van der Waals surface area contributed by atoms with E-state index in [1.165, 1.54) is 0 Å². The Balaban J connectivity index is 1.41. The van der Waals surface area contributed by atoms with Gasteiger partial charge in [-0.05, 0) is 30.9 Å². The van der Waals surface area contributed by atoms with E-state index < -0.39 is 11.9 Å². The van der Waals surface area contributed by atoms with E-state index in [0.717, 1.165) is 22.9 Å². The van der Waals surface area contributed by atoms with Gasteiger partial charge in [0.2, 0.25) is 0 Å². The molecule has 0 spiro atoms. The van der Waals surface area contributed by atoms with Crippen molar-refractivity contribution in [2.75, 3.05) is 5.32 Å². The molecule has 2 aromatic carbocycles. The number of rotatable bonds is 7. The van der Waals surface area contributed by atoms with Crippen LogP contribution in [0.5, 0.6) is 0 Å². The molecule has 5 rings (SSSR count). The number of nitrogens with zero attached hydrogens (tertiary/aromatic N) is 6. The van der Waals surface area contributed by atoms with Crippen molar-refractivity contribution in [3.8, 4) is 22.8 Å². The molecule has 0 saturated carbocycles. The Bertz CT molecular complexity index is 1560. The molecule has 196 valence electrons. The zero-order valence-electron chi connectivity index (χ0n) is 21.5. The van der Waals surface area contributed by atoms with Crippen LogP contribution in [0.2, 0.25) is 0 Å². The lowest BCUT2D eigenvalue weighted by Gasteiger charge is -2.14. The first-order chi connectivity index (χ1) is 18.1. The molecule has 3 heterocycles. The predicted molar refractivity (Wildman–Crippen MR) is 141 cm³/mol. The molecule has 0 aliphatic rings. The molecule has 0 aliphatic heterocycles. The second-order valence-corrected chi connectivity index (χ2v) is 9.72. The molecule has 0 fully saturated rings. The number of aromatic nitrogens is 6. The molecule has 7 nitrogen and oxygen atoms in total. The van der Waals surface area contributed by atoms with E-state index in [1.807, 2.05) is 44.2 Å². The molecule has 0 aliphatic carbocycles. The average molecular weight is 520 g/mol. The van der Waals surface area contributed by atoms with Gasteiger partial charge in [-0.15, -0.1) is 5.10 Å². The number of halogens is 3. The first-order valence-corrected chi connectivity index (χ1v) is 12.4. The summed E-state index contributed by atoms with van der Waals surface area (Å²) >= 11 is 0. The maximum Gasteiger partial charge on any atom is 0.434 e. The number of hydrogen-bond acceptors (Lipinski definition) is 5. The average Bonchev–Trinajstić information content (AvgIpc) is 3.55. The van der Waals surface area contributed by atoms with E-state index in [4.69, 9.17) is 4.98 Å². The minimum absolute atomic E-state index is 0.167. The minimum Gasteiger partial charge on any atom is -0.363 e. The van der Waals surface area contributed by atoms with Crippen molar-refractivity contribution in [3.05, 3.63) is 83.9 Å². The Hall–Kier alpha value is -4.21.